The van der Waals surface area contributed by atoms with Crippen molar-refractivity contribution >= 4 is 5.69 Å². The van der Waals surface area contributed by atoms with Gasteiger partial charge in [-0.2, -0.15) is 0 Å². The van der Waals surface area contributed by atoms with E-state index >= 15 is 0 Å². The highest BCUT2D eigenvalue weighted by Gasteiger charge is 2.39. The Hall–Kier alpha value is -2.61. The largest absolute Gasteiger partial charge is 0.365 e. The molecule has 2 heteroatoms. The van der Waals surface area contributed by atoms with E-state index in [1.807, 2.05) is 6.20 Å². The molecule has 1 atom stereocenters. The summed E-state index contributed by atoms with van der Waals surface area (Å²) in [5.41, 5.74) is 10.7. The standard InChI is InChI=1S/C23H22N2/c1-14-15-9-7-13-24-22(15)17-11-12-19-21(20(14)17)16-8-5-6-10-18(16)23(2,3)25(19)4/h5-14H,1-4H3. The molecule has 1 aromatic heterocycles. The molecule has 2 nitrogen and oxygen atoms in total. The molecule has 2 aliphatic rings. The van der Waals surface area contributed by atoms with Crippen LogP contribution in [0.4, 0.5) is 5.69 Å². The average Bonchev–Trinajstić information content (AvgIpc) is 2.93. The van der Waals surface area contributed by atoms with E-state index in [1.54, 1.807) is 0 Å². The van der Waals surface area contributed by atoms with Crippen molar-refractivity contribution in [3.8, 4) is 22.4 Å². The van der Waals surface area contributed by atoms with Crippen molar-refractivity contribution in [1.29, 1.82) is 0 Å². The molecule has 0 saturated heterocycles. The molecule has 0 bridgehead atoms. The van der Waals surface area contributed by atoms with Crippen LogP contribution in [-0.2, 0) is 5.54 Å². The van der Waals surface area contributed by atoms with Gasteiger partial charge < -0.3 is 4.90 Å². The first-order valence-electron chi connectivity index (χ1n) is 8.97. The minimum Gasteiger partial charge on any atom is -0.365 e. The maximum atomic E-state index is 4.69. The van der Waals surface area contributed by atoms with Crippen LogP contribution in [0.3, 0.4) is 0 Å². The Morgan fingerprint density at radius 2 is 1.76 bits per heavy atom. The quantitative estimate of drug-likeness (QED) is 0.537. The second-order valence-electron chi connectivity index (χ2n) is 7.75. The number of rotatable bonds is 0. The normalized spacial score (nSPS) is 19.0. The summed E-state index contributed by atoms with van der Waals surface area (Å²) in [5, 5.41) is 0. The number of nitrogens with zero attached hydrogens (tertiary/aromatic N) is 2. The van der Waals surface area contributed by atoms with Gasteiger partial charge in [-0.15, -0.1) is 0 Å². The highest BCUT2D eigenvalue weighted by Crippen LogP contribution is 2.55. The molecule has 124 valence electrons. The Balaban J connectivity index is 1.89. The first-order chi connectivity index (χ1) is 12.0. The second-order valence-corrected chi connectivity index (χ2v) is 7.75. The van der Waals surface area contributed by atoms with Gasteiger partial charge in [0, 0.05) is 36.0 Å². The van der Waals surface area contributed by atoms with Gasteiger partial charge in [0.1, 0.15) is 0 Å². The lowest BCUT2D eigenvalue weighted by molar-refractivity contribution is 0.510. The summed E-state index contributed by atoms with van der Waals surface area (Å²) in [5.74, 6) is 0.372. The average molecular weight is 326 g/mol. The highest BCUT2D eigenvalue weighted by molar-refractivity contribution is 5.95. The number of hydrogen-bond donors (Lipinski definition) is 0. The van der Waals surface area contributed by atoms with Crippen LogP contribution in [0.1, 0.15) is 43.4 Å². The van der Waals surface area contributed by atoms with Gasteiger partial charge in [0.2, 0.25) is 0 Å². The van der Waals surface area contributed by atoms with E-state index in [0.717, 1.165) is 5.69 Å². The number of aromatic nitrogens is 1. The number of hydrogen-bond acceptors (Lipinski definition) is 2. The molecule has 1 aliphatic heterocycles. The molecule has 0 saturated carbocycles. The predicted molar refractivity (Wildman–Crippen MR) is 104 cm³/mol. The molecule has 0 spiro atoms. The van der Waals surface area contributed by atoms with Crippen LogP contribution in [-0.4, -0.2) is 12.0 Å². The van der Waals surface area contributed by atoms with Crippen molar-refractivity contribution in [3.63, 3.8) is 0 Å². The molecule has 0 N–H and O–H groups in total. The highest BCUT2D eigenvalue weighted by atomic mass is 15.2. The molecule has 1 unspecified atom stereocenters. The van der Waals surface area contributed by atoms with Crippen LogP contribution >= 0.6 is 0 Å². The first-order valence-corrected chi connectivity index (χ1v) is 8.97. The Morgan fingerprint density at radius 3 is 2.60 bits per heavy atom. The maximum Gasteiger partial charge on any atom is 0.0743 e. The van der Waals surface area contributed by atoms with Crippen molar-refractivity contribution < 1.29 is 0 Å². The molecular formula is C23H22N2. The fraction of sp³-hybridized carbons (Fsp3) is 0.261. The van der Waals surface area contributed by atoms with Gasteiger partial charge in [0.25, 0.3) is 0 Å². The van der Waals surface area contributed by atoms with Crippen molar-refractivity contribution in [2.45, 2.75) is 32.2 Å². The third-order valence-corrected chi connectivity index (χ3v) is 6.27. The van der Waals surface area contributed by atoms with E-state index in [1.165, 1.54) is 39.1 Å². The third kappa shape index (κ3) is 1.72. The number of benzene rings is 2. The van der Waals surface area contributed by atoms with Crippen LogP contribution in [0.2, 0.25) is 0 Å². The summed E-state index contributed by atoms with van der Waals surface area (Å²) >= 11 is 0. The second kappa shape index (κ2) is 4.72. The van der Waals surface area contributed by atoms with Gasteiger partial charge in [0.15, 0.2) is 0 Å². The molecule has 5 rings (SSSR count). The predicted octanol–water partition coefficient (Wildman–Crippen LogP) is 5.57. The van der Waals surface area contributed by atoms with E-state index < -0.39 is 0 Å². The monoisotopic (exact) mass is 326 g/mol. The van der Waals surface area contributed by atoms with Gasteiger partial charge in [-0.25, -0.2) is 0 Å². The van der Waals surface area contributed by atoms with E-state index in [2.05, 4.69) is 86.2 Å². The molecule has 0 fully saturated rings. The van der Waals surface area contributed by atoms with Gasteiger partial charge in [-0.3, -0.25) is 4.98 Å². The van der Waals surface area contributed by atoms with Crippen LogP contribution in [0, 0.1) is 0 Å². The Labute approximate surface area is 149 Å². The lowest BCUT2D eigenvalue weighted by atomic mass is 9.77. The minimum atomic E-state index is -0.0230. The number of pyridine rings is 1. The van der Waals surface area contributed by atoms with E-state index in [4.69, 9.17) is 0 Å². The Morgan fingerprint density at radius 1 is 0.960 bits per heavy atom. The molecule has 0 amide bonds. The summed E-state index contributed by atoms with van der Waals surface area (Å²) in [6, 6.07) is 17.7. The summed E-state index contributed by atoms with van der Waals surface area (Å²) in [6.07, 6.45) is 1.91. The topological polar surface area (TPSA) is 16.1 Å². The molecule has 2 aromatic carbocycles. The lowest BCUT2D eigenvalue weighted by Gasteiger charge is -2.45. The first kappa shape index (κ1) is 14.7. The van der Waals surface area contributed by atoms with Gasteiger partial charge in [-0.1, -0.05) is 43.3 Å². The summed E-state index contributed by atoms with van der Waals surface area (Å²) < 4.78 is 0. The molecule has 3 aromatic rings. The minimum absolute atomic E-state index is 0.0230. The SMILES string of the molecule is CC1c2cccnc2-c2ccc3c(c21)-c1ccccc1C(C)(C)N3C. The van der Waals surface area contributed by atoms with E-state index in [9.17, 15) is 0 Å². The maximum absolute atomic E-state index is 4.69. The zero-order valence-corrected chi connectivity index (χ0v) is 15.2. The Kier molecular flexibility index (Phi) is 2.78. The van der Waals surface area contributed by atoms with E-state index in [0.29, 0.717) is 5.92 Å². The van der Waals surface area contributed by atoms with Crippen LogP contribution < -0.4 is 4.90 Å². The zero-order chi connectivity index (χ0) is 17.3. The summed E-state index contributed by atoms with van der Waals surface area (Å²) in [7, 11) is 2.21. The smallest absolute Gasteiger partial charge is 0.0743 e. The van der Waals surface area contributed by atoms with Crippen molar-refractivity contribution in [2.75, 3.05) is 11.9 Å². The fourth-order valence-electron chi connectivity index (χ4n) is 4.69. The fourth-order valence-corrected chi connectivity index (χ4v) is 4.69. The van der Waals surface area contributed by atoms with E-state index in [-0.39, 0.29) is 5.54 Å². The van der Waals surface area contributed by atoms with Gasteiger partial charge >= 0.3 is 0 Å². The Bertz CT molecular complexity index is 1020. The summed E-state index contributed by atoms with van der Waals surface area (Å²) in [6.45, 7) is 6.93. The van der Waals surface area contributed by atoms with Crippen LogP contribution in [0.25, 0.3) is 22.4 Å². The number of anilines is 1. The van der Waals surface area contributed by atoms with Crippen LogP contribution in [0.5, 0.6) is 0 Å². The third-order valence-electron chi connectivity index (χ3n) is 6.27. The van der Waals surface area contributed by atoms with Gasteiger partial charge in [0.05, 0.1) is 11.2 Å². The molecule has 0 radical (unpaired) electrons. The van der Waals surface area contributed by atoms with Crippen LogP contribution in [0.15, 0.2) is 54.7 Å². The zero-order valence-electron chi connectivity index (χ0n) is 15.2. The molecule has 2 heterocycles. The molecule has 25 heavy (non-hydrogen) atoms. The van der Waals surface area contributed by atoms with Crippen molar-refractivity contribution in [3.05, 3.63) is 71.4 Å². The lowest BCUT2D eigenvalue weighted by Crippen LogP contribution is -2.41. The van der Waals surface area contributed by atoms with Gasteiger partial charge in [-0.05, 0) is 48.2 Å². The molecule has 1 aliphatic carbocycles. The van der Waals surface area contributed by atoms with Crippen molar-refractivity contribution in [2.24, 2.45) is 0 Å². The number of fused-ring (bicyclic) bond motifs is 7. The summed E-state index contributed by atoms with van der Waals surface area (Å²) in [4.78, 5) is 7.11. The molecular weight excluding hydrogens is 304 g/mol. The van der Waals surface area contributed by atoms with Crippen molar-refractivity contribution in [1.82, 2.24) is 4.98 Å².